The number of rotatable bonds is 7. The standard InChI is InChI=1S/C18H22ClNO/c1-3-4-11-21-18-8-6-5-7-15(18)13-20-17-12-16(19)10-9-14(17)2/h5-10,12,20H,3-4,11,13H2,1-2H3. The highest BCUT2D eigenvalue weighted by Gasteiger charge is 2.04. The summed E-state index contributed by atoms with van der Waals surface area (Å²) < 4.78 is 5.85. The Hall–Kier alpha value is -1.67. The van der Waals surface area contributed by atoms with Crippen LogP contribution >= 0.6 is 11.6 Å². The molecule has 1 N–H and O–H groups in total. The molecule has 21 heavy (non-hydrogen) atoms. The smallest absolute Gasteiger partial charge is 0.124 e. The van der Waals surface area contributed by atoms with Crippen LogP contribution in [0.15, 0.2) is 42.5 Å². The summed E-state index contributed by atoms with van der Waals surface area (Å²) in [5, 5.41) is 4.18. The predicted octanol–water partition coefficient (Wildman–Crippen LogP) is 5.44. The average molecular weight is 304 g/mol. The maximum atomic E-state index is 6.05. The number of para-hydroxylation sites is 1. The van der Waals surface area contributed by atoms with Gasteiger partial charge in [0.05, 0.1) is 6.61 Å². The van der Waals surface area contributed by atoms with Crippen LogP contribution in [-0.2, 0) is 6.54 Å². The fraction of sp³-hybridized carbons (Fsp3) is 0.333. The molecule has 0 saturated carbocycles. The molecule has 112 valence electrons. The quantitative estimate of drug-likeness (QED) is 0.688. The number of ether oxygens (including phenoxy) is 1. The Morgan fingerprint density at radius 2 is 1.95 bits per heavy atom. The molecule has 0 atom stereocenters. The van der Waals surface area contributed by atoms with E-state index in [4.69, 9.17) is 16.3 Å². The Kier molecular flexibility index (Phi) is 5.94. The molecule has 0 radical (unpaired) electrons. The van der Waals surface area contributed by atoms with E-state index in [-0.39, 0.29) is 0 Å². The van der Waals surface area contributed by atoms with E-state index in [1.807, 2.05) is 36.4 Å². The van der Waals surface area contributed by atoms with E-state index in [1.165, 1.54) is 5.56 Å². The van der Waals surface area contributed by atoms with E-state index in [9.17, 15) is 0 Å². The van der Waals surface area contributed by atoms with Crippen LogP contribution in [0, 0.1) is 6.92 Å². The molecule has 0 aliphatic rings. The van der Waals surface area contributed by atoms with Crippen molar-refractivity contribution in [3.63, 3.8) is 0 Å². The minimum atomic E-state index is 0.726. The zero-order valence-electron chi connectivity index (χ0n) is 12.7. The third kappa shape index (κ3) is 4.68. The molecule has 0 amide bonds. The molecular weight excluding hydrogens is 282 g/mol. The van der Waals surface area contributed by atoms with Crippen LogP contribution in [-0.4, -0.2) is 6.61 Å². The van der Waals surface area contributed by atoms with Crippen molar-refractivity contribution in [3.05, 3.63) is 58.6 Å². The summed E-state index contributed by atoms with van der Waals surface area (Å²) in [6.45, 7) is 5.73. The molecule has 0 unspecified atom stereocenters. The van der Waals surface area contributed by atoms with Crippen LogP contribution < -0.4 is 10.1 Å². The van der Waals surface area contributed by atoms with Gasteiger partial charge in [-0.2, -0.15) is 0 Å². The molecule has 0 aliphatic carbocycles. The van der Waals surface area contributed by atoms with E-state index in [2.05, 4.69) is 25.2 Å². The zero-order chi connectivity index (χ0) is 15.1. The van der Waals surface area contributed by atoms with Gasteiger partial charge in [0, 0.05) is 22.8 Å². The Morgan fingerprint density at radius 3 is 2.76 bits per heavy atom. The second kappa shape index (κ2) is 7.94. The average Bonchev–Trinajstić information content (AvgIpc) is 2.49. The number of unbranched alkanes of at least 4 members (excludes halogenated alkanes) is 1. The summed E-state index contributed by atoms with van der Waals surface area (Å²) in [7, 11) is 0. The number of nitrogens with one attached hydrogen (secondary N) is 1. The lowest BCUT2D eigenvalue weighted by molar-refractivity contribution is 0.306. The van der Waals surface area contributed by atoms with Gasteiger partial charge in [0.1, 0.15) is 5.75 Å². The van der Waals surface area contributed by atoms with Gasteiger partial charge >= 0.3 is 0 Å². The molecule has 0 aromatic heterocycles. The number of anilines is 1. The first kappa shape index (κ1) is 15.7. The van der Waals surface area contributed by atoms with Gasteiger partial charge in [-0.3, -0.25) is 0 Å². The summed E-state index contributed by atoms with van der Waals surface area (Å²) in [4.78, 5) is 0. The maximum absolute atomic E-state index is 6.05. The second-order valence-electron chi connectivity index (χ2n) is 5.12. The minimum absolute atomic E-state index is 0.726. The van der Waals surface area contributed by atoms with Gasteiger partial charge in [-0.15, -0.1) is 0 Å². The van der Waals surface area contributed by atoms with Crippen molar-refractivity contribution in [2.45, 2.75) is 33.2 Å². The number of halogens is 1. The van der Waals surface area contributed by atoms with Gasteiger partial charge in [-0.1, -0.05) is 49.2 Å². The zero-order valence-corrected chi connectivity index (χ0v) is 13.4. The van der Waals surface area contributed by atoms with Crippen molar-refractivity contribution in [3.8, 4) is 5.75 Å². The first-order chi connectivity index (χ1) is 10.2. The van der Waals surface area contributed by atoms with Gasteiger partial charge < -0.3 is 10.1 Å². The van der Waals surface area contributed by atoms with Gasteiger partial charge in [0.2, 0.25) is 0 Å². The highest BCUT2D eigenvalue weighted by Crippen LogP contribution is 2.23. The van der Waals surface area contributed by atoms with Crippen molar-refractivity contribution in [2.75, 3.05) is 11.9 Å². The highest BCUT2D eigenvalue weighted by atomic mass is 35.5. The number of hydrogen-bond donors (Lipinski definition) is 1. The summed E-state index contributed by atoms with van der Waals surface area (Å²) in [6, 6.07) is 14.0. The van der Waals surface area contributed by atoms with Crippen molar-refractivity contribution >= 4 is 17.3 Å². The summed E-state index contributed by atoms with van der Waals surface area (Å²) in [5.74, 6) is 0.957. The normalized spacial score (nSPS) is 10.4. The van der Waals surface area contributed by atoms with Crippen LogP contribution in [0.3, 0.4) is 0 Å². The van der Waals surface area contributed by atoms with Crippen LogP contribution in [0.4, 0.5) is 5.69 Å². The van der Waals surface area contributed by atoms with Crippen LogP contribution in [0.2, 0.25) is 5.02 Å². The molecule has 2 nitrogen and oxygen atoms in total. The first-order valence-electron chi connectivity index (χ1n) is 7.41. The van der Waals surface area contributed by atoms with Crippen LogP contribution in [0.5, 0.6) is 5.75 Å². The fourth-order valence-corrected chi connectivity index (χ4v) is 2.26. The van der Waals surface area contributed by atoms with Crippen molar-refractivity contribution in [2.24, 2.45) is 0 Å². The molecule has 0 saturated heterocycles. The fourth-order valence-electron chi connectivity index (χ4n) is 2.09. The molecule has 2 aromatic carbocycles. The third-order valence-corrected chi connectivity index (χ3v) is 3.63. The molecule has 0 heterocycles. The SMILES string of the molecule is CCCCOc1ccccc1CNc1cc(Cl)ccc1C. The van der Waals surface area contributed by atoms with Crippen molar-refractivity contribution in [1.29, 1.82) is 0 Å². The first-order valence-corrected chi connectivity index (χ1v) is 7.79. The number of aryl methyl sites for hydroxylation is 1. The summed E-state index contributed by atoms with van der Waals surface area (Å²) in [5.41, 5.74) is 3.41. The lowest BCUT2D eigenvalue weighted by atomic mass is 10.1. The van der Waals surface area contributed by atoms with E-state index in [1.54, 1.807) is 0 Å². The van der Waals surface area contributed by atoms with Crippen molar-refractivity contribution in [1.82, 2.24) is 0 Å². The monoisotopic (exact) mass is 303 g/mol. The van der Waals surface area contributed by atoms with Crippen molar-refractivity contribution < 1.29 is 4.74 Å². The molecule has 0 spiro atoms. The Bertz CT molecular complexity index is 583. The van der Waals surface area contributed by atoms with E-state index in [0.29, 0.717) is 0 Å². The van der Waals surface area contributed by atoms with E-state index in [0.717, 1.165) is 48.0 Å². The van der Waals surface area contributed by atoms with Crippen LogP contribution in [0.1, 0.15) is 30.9 Å². The number of benzene rings is 2. The topological polar surface area (TPSA) is 21.3 Å². The molecule has 2 rings (SSSR count). The second-order valence-corrected chi connectivity index (χ2v) is 5.56. The third-order valence-electron chi connectivity index (χ3n) is 3.40. The summed E-state index contributed by atoms with van der Waals surface area (Å²) >= 11 is 6.05. The number of hydrogen-bond acceptors (Lipinski definition) is 2. The Labute approximate surface area is 132 Å². The molecule has 0 fully saturated rings. The van der Waals surface area contributed by atoms with E-state index >= 15 is 0 Å². The molecule has 0 aliphatic heterocycles. The van der Waals surface area contributed by atoms with E-state index < -0.39 is 0 Å². The summed E-state index contributed by atoms with van der Waals surface area (Å²) in [6.07, 6.45) is 2.22. The highest BCUT2D eigenvalue weighted by molar-refractivity contribution is 6.30. The van der Waals surface area contributed by atoms with Gasteiger partial charge in [-0.25, -0.2) is 0 Å². The van der Waals surface area contributed by atoms with Gasteiger partial charge in [0.25, 0.3) is 0 Å². The van der Waals surface area contributed by atoms with Gasteiger partial charge in [-0.05, 0) is 37.1 Å². The Morgan fingerprint density at radius 1 is 1.14 bits per heavy atom. The largest absolute Gasteiger partial charge is 0.493 e. The van der Waals surface area contributed by atoms with Crippen LogP contribution in [0.25, 0.3) is 0 Å². The molecule has 2 aromatic rings. The molecular formula is C18H22ClNO. The Balaban J connectivity index is 2.04. The molecule has 0 bridgehead atoms. The van der Waals surface area contributed by atoms with Gasteiger partial charge in [0.15, 0.2) is 0 Å². The minimum Gasteiger partial charge on any atom is -0.493 e. The molecule has 3 heteroatoms. The lowest BCUT2D eigenvalue weighted by Gasteiger charge is -2.14. The predicted molar refractivity (Wildman–Crippen MR) is 90.4 cm³/mol. The lowest BCUT2D eigenvalue weighted by Crippen LogP contribution is -2.05. The maximum Gasteiger partial charge on any atom is 0.124 e.